The van der Waals surface area contributed by atoms with Gasteiger partial charge in [-0.05, 0) is 36.3 Å². The molecule has 0 aliphatic rings. The molecule has 1 heterocycles. The second-order valence-corrected chi connectivity index (χ2v) is 4.88. The van der Waals surface area contributed by atoms with Crippen molar-refractivity contribution >= 4 is 22.9 Å². The van der Waals surface area contributed by atoms with Crippen LogP contribution in [0.25, 0.3) is 5.57 Å². The maximum Gasteiger partial charge on any atom is 0.224 e. The van der Waals surface area contributed by atoms with Crippen molar-refractivity contribution in [2.75, 3.05) is 10.6 Å². The first-order chi connectivity index (χ1) is 11.1. The summed E-state index contributed by atoms with van der Waals surface area (Å²) in [5.74, 6) is 0.187. The van der Waals surface area contributed by atoms with E-state index < -0.39 is 0 Å². The van der Waals surface area contributed by atoms with E-state index in [9.17, 15) is 4.79 Å². The number of tetrazole rings is 1. The van der Waals surface area contributed by atoms with Gasteiger partial charge < -0.3 is 10.6 Å². The average Bonchev–Trinajstić information content (AvgIpc) is 3.05. The Labute approximate surface area is 133 Å². The molecule has 8 nitrogen and oxygen atoms in total. The van der Waals surface area contributed by atoms with E-state index in [0.717, 1.165) is 17.7 Å². The molecular weight excluding hydrogens is 294 g/mol. The van der Waals surface area contributed by atoms with Crippen molar-refractivity contribution < 1.29 is 4.79 Å². The minimum Gasteiger partial charge on any atom is -0.360 e. The standard InChI is InChI=1S/C15H17N7O/c1-3-4-14(23)18-12-6-5-10(2)13(7-12)17-9-11(8-16)15-19-21-22-20-15/h5-7,9,17H,3-4H2,1-2H3,(H,18,23)(H,19,20,21,22). The van der Waals surface area contributed by atoms with Crippen LogP contribution in [0, 0.1) is 18.3 Å². The van der Waals surface area contributed by atoms with E-state index in [0.29, 0.717) is 12.1 Å². The van der Waals surface area contributed by atoms with Crippen LogP contribution in [-0.4, -0.2) is 26.5 Å². The van der Waals surface area contributed by atoms with Crippen LogP contribution in [0.4, 0.5) is 11.4 Å². The highest BCUT2D eigenvalue weighted by Crippen LogP contribution is 2.21. The molecule has 0 saturated heterocycles. The number of benzene rings is 1. The van der Waals surface area contributed by atoms with Crippen molar-refractivity contribution in [3.8, 4) is 6.07 Å². The van der Waals surface area contributed by atoms with Crippen LogP contribution in [-0.2, 0) is 4.79 Å². The Morgan fingerprint density at radius 2 is 2.30 bits per heavy atom. The highest BCUT2D eigenvalue weighted by molar-refractivity contribution is 5.91. The largest absolute Gasteiger partial charge is 0.360 e. The van der Waals surface area contributed by atoms with E-state index in [1.807, 2.05) is 38.1 Å². The molecule has 2 aromatic rings. The monoisotopic (exact) mass is 311 g/mol. The van der Waals surface area contributed by atoms with Crippen LogP contribution in [0.1, 0.15) is 31.2 Å². The van der Waals surface area contributed by atoms with Gasteiger partial charge in [0.2, 0.25) is 11.7 Å². The molecule has 0 saturated carbocycles. The highest BCUT2D eigenvalue weighted by atomic mass is 16.1. The number of hydrogen-bond donors (Lipinski definition) is 3. The molecule has 118 valence electrons. The number of amides is 1. The van der Waals surface area contributed by atoms with Gasteiger partial charge in [-0.25, -0.2) is 0 Å². The van der Waals surface area contributed by atoms with Gasteiger partial charge in [-0.3, -0.25) is 4.79 Å². The number of anilines is 2. The summed E-state index contributed by atoms with van der Waals surface area (Å²) in [5.41, 5.74) is 2.69. The molecule has 1 amide bonds. The third-order valence-electron chi connectivity index (χ3n) is 3.08. The molecule has 8 heteroatoms. The Morgan fingerprint density at radius 3 is 2.96 bits per heavy atom. The van der Waals surface area contributed by atoms with E-state index >= 15 is 0 Å². The number of rotatable bonds is 6. The summed E-state index contributed by atoms with van der Waals surface area (Å²) >= 11 is 0. The van der Waals surface area contributed by atoms with E-state index in [-0.39, 0.29) is 17.3 Å². The minimum absolute atomic E-state index is 0.0256. The van der Waals surface area contributed by atoms with Gasteiger partial charge in [0.15, 0.2) is 0 Å². The maximum atomic E-state index is 11.7. The lowest BCUT2D eigenvalue weighted by atomic mass is 10.1. The predicted octanol–water partition coefficient (Wildman–Crippen LogP) is 2.22. The number of aromatic amines is 1. The first-order valence-corrected chi connectivity index (χ1v) is 7.15. The Balaban J connectivity index is 2.16. The quantitative estimate of drug-likeness (QED) is 0.704. The molecule has 0 bridgehead atoms. The van der Waals surface area contributed by atoms with Crippen molar-refractivity contribution in [1.82, 2.24) is 20.6 Å². The number of allylic oxidation sites excluding steroid dienone is 1. The topological polar surface area (TPSA) is 119 Å². The molecule has 1 aromatic carbocycles. The summed E-state index contributed by atoms with van der Waals surface area (Å²) < 4.78 is 0. The maximum absolute atomic E-state index is 11.7. The first-order valence-electron chi connectivity index (χ1n) is 7.15. The third kappa shape index (κ3) is 4.38. The molecule has 3 N–H and O–H groups in total. The van der Waals surface area contributed by atoms with E-state index in [2.05, 4.69) is 31.3 Å². The van der Waals surface area contributed by atoms with Gasteiger partial charge in [0.1, 0.15) is 11.6 Å². The lowest BCUT2D eigenvalue weighted by Crippen LogP contribution is -2.10. The zero-order chi connectivity index (χ0) is 16.7. The minimum atomic E-state index is -0.0256. The highest BCUT2D eigenvalue weighted by Gasteiger charge is 2.07. The summed E-state index contributed by atoms with van der Waals surface area (Å²) in [5, 5.41) is 28.3. The van der Waals surface area contributed by atoms with Gasteiger partial charge in [-0.15, -0.1) is 10.2 Å². The van der Waals surface area contributed by atoms with Crippen molar-refractivity contribution in [3.63, 3.8) is 0 Å². The van der Waals surface area contributed by atoms with Crippen LogP contribution >= 0.6 is 0 Å². The van der Waals surface area contributed by atoms with Crippen LogP contribution < -0.4 is 10.6 Å². The molecule has 0 radical (unpaired) electrons. The third-order valence-corrected chi connectivity index (χ3v) is 3.08. The van der Waals surface area contributed by atoms with Gasteiger partial charge in [0.05, 0.1) is 0 Å². The molecule has 0 atom stereocenters. The Morgan fingerprint density at radius 1 is 1.48 bits per heavy atom. The van der Waals surface area contributed by atoms with Crippen LogP contribution in [0.3, 0.4) is 0 Å². The van der Waals surface area contributed by atoms with Crippen LogP contribution in [0.5, 0.6) is 0 Å². The lowest BCUT2D eigenvalue weighted by Gasteiger charge is -2.10. The molecule has 23 heavy (non-hydrogen) atoms. The number of hydrogen-bond acceptors (Lipinski definition) is 6. The fourth-order valence-corrected chi connectivity index (χ4v) is 1.88. The molecular formula is C15H17N7O. The summed E-state index contributed by atoms with van der Waals surface area (Å²) in [6.07, 6.45) is 2.78. The molecule has 0 spiro atoms. The lowest BCUT2D eigenvalue weighted by molar-refractivity contribution is -0.116. The van der Waals surface area contributed by atoms with Crippen molar-refractivity contribution in [2.24, 2.45) is 0 Å². The van der Waals surface area contributed by atoms with E-state index in [1.165, 1.54) is 6.20 Å². The fraction of sp³-hybridized carbons (Fsp3) is 0.267. The number of nitriles is 1. The smallest absolute Gasteiger partial charge is 0.224 e. The summed E-state index contributed by atoms with van der Waals surface area (Å²) in [7, 11) is 0. The van der Waals surface area contributed by atoms with Gasteiger partial charge in [-0.2, -0.15) is 10.5 Å². The summed E-state index contributed by atoms with van der Waals surface area (Å²) in [6.45, 7) is 3.88. The summed E-state index contributed by atoms with van der Waals surface area (Å²) in [6, 6.07) is 7.53. The van der Waals surface area contributed by atoms with E-state index in [4.69, 9.17) is 5.26 Å². The van der Waals surface area contributed by atoms with Crippen molar-refractivity contribution in [2.45, 2.75) is 26.7 Å². The zero-order valence-corrected chi connectivity index (χ0v) is 12.9. The number of carbonyl (C=O) groups is 1. The Kier molecular flexibility index (Phi) is 5.41. The second-order valence-electron chi connectivity index (χ2n) is 4.88. The number of aromatic nitrogens is 4. The molecule has 2 rings (SSSR count). The molecule has 0 fully saturated rings. The fourth-order valence-electron chi connectivity index (χ4n) is 1.88. The van der Waals surface area contributed by atoms with Gasteiger partial charge in [0, 0.05) is 24.0 Å². The normalized spacial score (nSPS) is 10.9. The number of nitrogens with one attached hydrogen (secondary N) is 3. The van der Waals surface area contributed by atoms with E-state index in [1.54, 1.807) is 0 Å². The molecule has 0 aliphatic heterocycles. The number of aryl methyl sites for hydroxylation is 1. The molecule has 1 aromatic heterocycles. The van der Waals surface area contributed by atoms with Crippen molar-refractivity contribution in [1.29, 1.82) is 5.26 Å². The molecule has 0 unspecified atom stereocenters. The predicted molar refractivity (Wildman–Crippen MR) is 86.1 cm³/mol. The van der Waals surface area contributed by atoms with Gasteiger partial charge in [0.25, 0.3) is 0 Å². The van der Waals surface area contributed by atoms with Gasteiger partial charge in [-0.1, -0.05) is 13.0 Å². The number of carbonyl (C=O) groups excluding carboxylic acids is 1. The first kappa shape index (κ1) is 16.2. The Hall–Kier alpha value is -3.21. The SMILES string of the molecule is CCCC(=O)Nc1ccc(C)c(NC=C(C#N)c2nn[nH]n2)c1. The number of nitrogens with zero attached hydrogens (tertiary/aromatic N) is 4. The van der Waals surface area contributed by atoms with Crippen LogP contribution in [0.15, 0.2) is 24.4 Å². The Bertz CT molecular complexity index is 744. The summed E-state index contributed by atoms with van der Waals surface area (Å²) in [4.78, 5) is 11.7. The number of H-pyrrole nitrogens is 1. The molecule has 0 aliphatic carbocycles. The van der Waals surface area contributed by atoms with Gasteiger partial charge >= 0.3 is 0 Å². The second kappa shape index (κ2) is 7.70. The van der Waals surface area contributed by atoms with Crippen LogP contribution in [0.2, 0.25) is 0 Å². The van der Waals surface area contributed by atoms with Crippen molar-refractivity contribution in [3.05, 3.63) is 35.8 Å². The zero-order valence-electron chi connectivity index (χ0n) is 12.9. The average molecular weight is 311 g/mol.